The van der Waals surface area contributed by atoms with Crippen LogP contribution in [-0.4, -0.2) is 86.3 Å². The fourth-order valence-electron chi connectivity index (χ4n) is 6.62. The molecule has 0 spiro atoms. The average Bonchev–Trinajstić information content (AvgIpc) is 3.73. The number of fused-ring (bicyclic) bond motifs is 1. The topological polar surface area (TPSA) is 205 Å². The number of aliphatic hydroxyl groups is 2. The van der Waals surface area contributed by atoms with Crippen LogP contribution >= 0.6 is 8.18 Å². The van der Waals surface area contributed by atoms with Gasteiger partial charge in [0.2, 0.25) is 0 Å². The van der Waals surface area contributed by atoms with E-state index in [4.69, 9.17) is 29.3 Å². The lowest BCUT2D eigenvalue weighted by Gasteiger charge is -2.26. The number of unbranched alkanes of at least 4 members (excludes halogenated alkanes) is 13. The van der Waals surface area contributed by atoms with Crippen molar-refractivity contribution in [2.75, 3.05) is 32.2 Å². The number of aliphatic hydroxyl groups excluding tert-OH is 2. The summed E-state index contributed by atoms with van der Waals surface area (Å²) in [5.41, 5.74) is 6.35. The van der Waals surface area contributed by atoms with Gasteiger partial charge in [0.1, 0.15) is 54.0 Å². The molecular formula is C40H61N6O9P. The van der Waals surface area contributed by atoms with E-state index in [2.05, 4.69) is 16.9 Å². The van der Waals surface area contributed by atoms with Crippen LogP contribution in [0.15, 0.2) is 42.9 Å². The highest BCUT2D eigenvalue weighted by atomic mass is 31.1. The molecule has 56 heavy (non-hydrogen) atoms. The van der Waals surface area contributed by atoms with E-state index in [-0.39, 0.29) is 29.0 Å². The van der Waals surface area contributed by atoms with Crippen molar-refractivity contribution in [2.45, 2.75) is 141 Å². The fourth-order valence-corrected chi connectivity index (χ4v) is 7.66. The summed E-state index contributed by atoms with van der Waals surface area (Å²) in [6.07, 6.45) is 16.1. The van der Waals surface area contributed by atoms with E-state index in [0.717, 1.165) is 17.7 Å². The van der Waals surface area contributed by atoms with Crippen molar-refractivity contribution in [3.63, 3.8) is 0 Å². The van der Waals surface area contributed by atoms with Gasteiger partial charge < -0.3 is 44.1 Å². The monoisotopic (exact) mass is 800 g/mol. The molecule has 0 saturated carbocycles. The van der Waals surface area contributed by atoms with Crippen LogP contribution in [-0.2, 0) is 28.1 Å². The first-order valence-corrected chi connectivity index (χ1v) is 21.5. The van der Waals surface area contributed by atoms with Crippen LogP contribution in [0.5, 0.6) is 5.75 Å². The highest BCUT2D eigenvalue weighted by Gasteiger charge is 2.45. The second-order valence-electron chi connectivity index (χ2n) is 14.3. The zero-order valence-corrected chi connectivity index (χ0v) is 33.9. The predicted molar refractivity (Wildman–Crippen MR) is 213 cm³/mol. The molecule has 4 N–H and O–H groups in total. The minimum Gasteiger partial charge on any atom is -0.464 e. The zero-order chi connectivity index (χ0) is 40.1. The van der Waals surface area contributed by atoms with Gasteiger partial charge in [0.05, 0.1) is 24.2 Å². The molecule has 3 heterocycles. The molecule has 3 aromatic rings. The smallest absolute Gasteiger partial charge is 0.327 e. The Bertz CT molecular complexity index is 1660. The van der Waals surface area contributed by atoms with Crippen molar-refractivity contribution >= 4 is 31.0 Å². The Morgan fingerprint density at radius 1 is 0.946 bits per heavy atom. The Hall–Kier alpha value is -3.61. The first kappa shape index (κ1) is 45.1. The van der Waals surface area contributed by atoms with E-state index in [1.807, 2.05) is 6.07 Å². The summed E-state index contributed by atoms with van der Waals surface area (Å²) >= 11 is 0. The molecule has 4 rings (SSSR count). The molecule has 1 fully saturated rings. The van der Waals surface area contributed by atoms with Crippen molar-refractivity contribution < 1.29 is 43.1 Å². The lowest BCUT2D eigenvalue weighted by molar-refractivity contribution is -0.155. The minimum absolute atomic E-state index is 0.0757. The minimum atomic E-state index is -3.30. The largest absolute Gasteiger partial charge is 0.464 e. The van der Waals surface area contributed by atoms with Gasteiger partial charge in [0.15, 0.2) is 6.23 Å². The van der Waals surface area contributed by atoms with E-state index < -0.39 is 51.3 Å². The molecular weight excluding hydrogens is 739 g/mol. The second-order valence-corrected chi connectivity index (χ2v) is 15.5. The standard InChI is InChI=1S/C40H61N6O9P/c1-3-4-5-6-7-8-9-10-11-12-13-14-15-19-23-51-24-20-25-52-40(49)30(2)46(55-32-21-17-16-18-22-32)56(50)53-28-33-35(47)36(48)39(54-33)45-27-31(26-41)34-37(42)43-29-44-38(34)45/h16-18,21-22,27,29-30,33,35-36,39,47-48,56H,3-15,19-20,23-25,28H2,1-2H3,(H2,42,43,44)/t30-,33?,35-,36-,39-/m1/s1. The molecule has 1 aliphatic rings. The van der Waals surface area contributed by atoms with Gasteiger partial charge in [-0.1, -0.05) is 113 Å². The van der Waals surface area contributed by atoms with Gasteiger partial charge in [0.25, 0.3) is 8.18 Å². The molecule has 0 amide bonds. The highest BCUT2D eigenvalue weighted by molar-refractivity contribution is 7.36. The number of benzene rings is 1. The Labute approximate surface area is 331 Å². The summed E-state index contributed by atoms with van der Waals surface area (Å²) in [6.45, 7) is 4.56. The summed E-state index contributed by atoms with van der Waals surface area (Å²) in [4.78, 5) is 27.9. The van der Waals surface area contributed by atoms with Crippen LogP contribution in [0.2, 0.25) is 0 Å². The van der Waals surface area contributed by atoms with E-state index in [9.17, 15) is 24.8 Å². The molecule has 0 radical (unpaired) electrons. The molecule has 2 aromatic heterocycles. The summed E-state index contributed by atoms with van der Waals surface area (Å²) in [6, 6.07) is 9.38. The van der Waals surface area contributed by atoms with Crippen molar-refractivity contribution in [1.82, 2.24) is 19.4 Å². The number of carbonyl (C=O) groups excluding carboxylic acids is 1. The highest BCUT2D eigenvalue weighted by Crippen LogP contribution is 2.38. The molecule has 1 aromatic carbocycles. The van der Waals surface area contributed by atoms with Gasteiger partial charge in [-0.15, -0.1) is 0 Å². The number of hydrogen-bond donors (Lipinski definition) is 3. The summed E-state index contributed by atoms with van der Waals surface area (Å²) in [7, 11) is -3.30. The Kier molecular flexibility index (Phi) is 20.1. The number of nitrogen functional groups attached to an aromatic ring is 1. The Morgan fingerprint density at radius 2 is 1.57 bits per heavy atom. The number of aromatic nitrogens is 3. The number of carbonyl (C=O) groups is 1. The fraction of sp³-hybridized carbons (Fsp3) is 0.650. The van der Waals surface area contributed by atoms with Crippen LogP contribution in [0.4, 0.5) is 5.82 Å². The van der Waals surface area contributed by atoms with Crippen LogP contribution in [0, 0.1) is 11.3 Å². The van der Waals surface area contributed by atoms with Crippen LogP contribution in [0.3, 0.4) is 0 Å². The Morgan fingerprint density at radius 3 is 2.21 bits per heavy atom. The average molecular weight is 801 g/mol. The van der Waals surface area contributed by atoms with Crippen LogP contribution in [0.25, 0.3) is 11.0 Å². The predicted octanol–water partition coefficient (Wildman–Crippen LogP) is 7.03. The van der Waals surface area contributed by atoms with Gasteiger partial charge in [-0.2, -0.15) is 5.26 Å². The summed E-state index contributed by atoms with van der Waals surface area (Å²) < 4.78 is 37.7. The second kappa shape index (κ2) is 24.9. The Balaban J connectivity index is 1.16. The van der Waals surface area contributed by atoms with Crippen molar-refractivity contribution in [2.24, 2.45) is 0 Å². The number of hydrogen-bond acceptors (Lipinski definition) is 13. The third-order valence-electron chi connectivity index (χ3n) is 9.88. The summed E-state index contributed by atoms with van der Waals surface area (Å²) in [5.74, 6) is -0.282. The normalized spacial score (nSPS) is 19.3. The van der Waals surface area contributed by atoms with Crippen molar-refractivity contribution in [3.8, 4) is 11.8 Å². The SMILES string of the molecule is CCCCCCCCCCCCCCCCOCCCOC(=O)[C@@H](C)N(Oc1ccccc1)[PH](=O)OCC1O[C@@H](n2cc(C#N)c3c(N)ncnc32)[C@H](O)[C@@H]1O. The molecule has 16 heteroatoms. The van der Waals surface area contributed by atoms with Crippen LogP contribution in [0.1, 0.15) is 122 Å². The molecule has 1 aliphatic heterocycles. The van der Waals surface area contributed by atoms with Gasteiger partial charge >= 0.3 is 5.97 Å². The quantitative estimate of drug-likeness (QED) is 0.0292. The number of nitrogens with two attached hydrogens (primary N) is 1. The number of anilines is 1. The number of esters is 1. The maximum absolute atomic E-state index is 13.6. The van der Waals surface area contributed by atoms with Crippen LogP contribution < -0.4 is 10.6 Å². The molecule has 0 aliphatic carbocycles. The van der Waals surface area contributed by atoms with E-state index in [1.165, 1.54) is 101 Å². The molecule has 0 bridgehead atoms. The van der Waals surface area contributed by atoms with Gasteiger partial charge in [-0.25, -0.2) is 9.97 Å². The number of hydroxylamine groups is 1. The first-order valence-electron chi connectivity index (χ1n) is 20.2. The molecule has 6 atom stereocenters. The van der Waals surface area contributed by atoms with E-state index in [0.29, 0.717) is 25.4 Å². The van der Waals surface area contributed by atoms with Crippen molar-refractivity contribution in [3.05, 3.63) is 48.4 Å². The zero-order valence-electron chi connectivity index (χ0n) is 32.9. The van der Waals surface area contributed by atoms with E-state index >= 15 is 0 Å². The van der Waals surface area contributed by atoms with Gasteiger partial charge in [-0.3, -0.25) is 9.36 Å². The number of rotatable bonds is 28. The molecule has 1 saturated heterocycles. The summed E-state index contributed by atoms with van der Waals surface area (Å²) in [5, 5.41) is 31.6. The van der Waals surface area contributed by atoms with Gasteiger partial charge in [-0.05, 0) is 25.5 Å². The first-order chi connectivity index (χ1) is 27.3. The number of para-hydroxylation sites is 1. The van der Waals surface area contributed by atoms with Gasteiger partial charge in [0, 0.05) is 25.8 Å². The maximum atomic E-state index is 13.6. The number of nitriles is 1. The van der Waals surface area contributed by atoms with E-state index in [1.54, 1.807) is 30.3 Å². The number of nitrogens with zero attached hydrogens (tertiary/aromatic N) is 5. The molecule has 310 valence electrons. The lowest BCUT2D eigenvalue weighted by atomic mass is 10.0. The third-order valence-corrected chi connectivity index (χ3v) is 11.1. The maximum Gasteiger partial charge on any atom is 0.327 e. The van der Waals surface area contributed by atoms with Crippen molar-refractivity contribution in [1.29, 1.82) is 5.26 Å². The lowest BCUT2D eigenvalue weighted by Crippen LogP contribution is -2.39. The molecule has 2 unspecified atom stereocenters. The third kappa shape index (κ3) is 13.8. The molecule has 15 nitrogen and oxygen atoms in total. The number of ether oxygens (including phenoxy) is 3.